The van der Waals surface area contributed by atoms with Crippen molar-refractivity contribution in [1.82, 2.24) is 4.98 Å². The Hall–Kier alpha value is -2.09. The molecule has 8 heteroatoms. The zero-order valence-electron chi connectivity index (χ0n) is 10.6. The quantitative estimate of drug-likeness (QED) is 0.943. The first-order valence-electron chi connectivity index (χ1n) is 5.83. The van der Waals surface area contributed by atoms with Gasteiger partial charge in [0.2, 0.25) is 10.0 Å². The average molecular weight is 316 g/mol. The molecule has 0 spiro atoms. The summed E-state index contributed by atoms with van der Waals surface area (Å²) in [4.78, 5) is 3.74. The highest BCUT2D eigenvalue weighted by Crippen LogP contribution is 2.29. The molecule has 0 radical (unpaired) electrons. The van der Waals surface area contributed by atoms with Crippen LogP contribution >= 0.6 is 0 Å². The van der Waals surface area contributed by atoms with E-state index in [0.29, 0.717) is 5.69 Å². The molecule has 4 nitrogen and oxygen atoms in total. The summed E-state index contributed by atoms with van der Waals surface area (Å²) in [6.07, 6.45) is -1.69. The molecule has 0 atom stereocenters. The topological polar surface area (TPSA) is 59.1 Å². The van der Waals surface area contributed by atoms with Gasteiger partial charge in [-0.2, -0.15) is 13.2 Å². The first-order chi connectivity index (χ1) is 9.76. The Bertz CT molecular complexity index is 716. The van der Waals surface area contributed by atoms with E-state index < -0.39 is 27.5 Å². The lowest BCUT2D eigenvalue weighted by Crippen LogP contribution is -2.15. The van der Waals surface area contributed by atoms with E-state index in [1.807, 2.05) is 0 Å². The molecule has 0 aliphatic heterocycles. The minimum absolute atomic E-state index is 0.0615. The van der Waals surface area contributed by atoms with E-state index in [9.17, 15) is 21.6 Å². The van der Waals surface area contributed by atoms with Crippen LogP contribution in [0.25, 0.3) is 0 Å². The number of anilines is 1. The van der Waals surface area contributed by atoms with E-state index in [4.69, 9.17) is 0 Å². The lowest BCUT2D eigenvalue weighted by Gasteiger charge is -2.10. The van der Waals surface area contributed by atoms with Crippen molar-refractivity contribution in [2.45, 2.75) is 11.9 Å². The number of benzene rings is 1. The largest absolute Gasteiger partial charge is 0.416 e. The fraction of sp³-hybridized carbons (Fsp3) is 0.154. The van der Waals surface area contributed by atoms with Crippen LogP contribution in [0, 0.1) is 0 Å². The maximum atomic E-state index is 12.6. The molecule has 0 unspecified atom stereocenters. The molecule has 21 heavy (non-hydrogen) atoms. The maximum absolute atomic E-state index is 12.6. The highest BCUT2D eigenvalue weighted by molar-refractivity contribution is 7.91. The van der Waals surface area contributed by atoms with Crippen molar-refractivity contribution in [1.29, 1.82) is 0 Å². The van der Waals surface area contributed by atoms with Gasteiger partial charge in [0.1, 0.15) is 0 Å². The first kappa shape index (κ1) is 15.3. The summed E-state index contributed by atoms with van der Waals surface area (Å²) in [5, 5.41) is 0. The monoisotopic (exact) mass is 316 g/mol. The Morgan fingerprint density at radius 1 is 1.10 bits per heavy atom. The number of hydrogen-bond acceptors (Lipinski definition) is 3. The summed E-state index contributed by atoms with van der Waals surface area (Å²) in [5.74, 6) is -0.542. The van der Waals surface area contributed by atoms with Gasteiger partial charge >= 0.3 is 6.18 Å². The third-order valence-electron chi connectivity index (χ3n) is 2.56. The first-order valence-corrected chi connectivity index (χ1v) is 7.48. The van der Waals surface area contributed by atoms with E-state index in [1.165, 1.54) is 36.7 Å². The Morgan fingerprint density at radius 2 is 1.76 bits per heavy atom. The second kappa shape index (κ2) is 5.72. The minimum Gasteiger partial charge on any atom is -0.283 e. The van der Waals surface area contributed by atoms with E-state index in [-0.39, 0.29) is 5.56 Å². The van der Waals surface area contributed by atoms with Crippen LogP contribution in [-0.2, 0) is 22.0 Å². The molecule has 1 N–H and O–H groups in total. The number of sulfonamides is 1. The molecule has 1 aromatic carbocycles. The third-order valence-corrected chi connectivity index (χ3v) is 3.82. The number of rotatable bonds is 4. The Morgan fingerprint density at radius 3 is 2.38 bits per heavy atom. The SMILES string of the molecule is O=S(=O)(Cc1cccc(C(F)(F)F)c1)Nc1ccncc1. The fourth-order valence-corrected chi connectivity index (χ4v) is 2.88. The summed E-state index contributed by atoms with van der Waals surface area (Å²) >= 11 is 0. The Balaban J connectivity index is 2.17. The Labute approximate surface area is 119 Å². The highest BCUT2D eigenvalue weighted by Gasteiger charge is 2.30. The van der Waals surface area contributed by atoms with Crippen LogP contribution in [0.4, 0.5) is 18.9 Å². The van der Waals surface area contributed by atoms with Gasteiger partial charge in [-0.1, -0.05) is 18.2 Å². The van der Waals surface area contributed by atoms with Crippen LogP contribution in [-0.4, -0.2) is 13.4 Å². The standard InChI is InChI=1S/C13H11F3N2O2S/c14-13(15,16)11-3-1-2-10(8-11)9-21(19,20)18-12-4-6-17-7-5-12/h1-8H,9H2,(H,17,18). The van der Waals surface area contributed by atoms with Gasteiger partial charge in [0.15, 0.2) is 0 Å². The third kappa shape index (κ3) is 4.45. The molecule has 0 amide bonds. The lowest BCUT2D eigenvalue weighted by atomic mass is 10.1. The predicted molar refractivity (Wildman–Crippen MR) is 71.9 cm³/mol. The second-order valence-corrected chi connectivity index (χ2v) is 6.02. The molecule has 2 rings (SSSR count). The molecule has 0 saturated carbocycles. The molecular weight excluding hydrogens is 305 g/mol. The summed E-state index contributed by atoms with van der Waals surface area (Å²) in [5.41, 5.74) is -0.512. The van der Waals surface area contributed by atoms with Gasteiger partial charge in [-0.3, -0.25) is 9.71 Å². The van der Waals surface area contributed by atoms with Gasteiger partial charge < -0.3 is 0 Å². The summed E-state index contributed by atoms with van der Waals surface area (Å²) < 4.78 is 63.8. The molecule has 2 aromatic rings. The number of alkyl halides is 3. The van der Waals surface area contributed by atoms with Crippen LogP contribution in [0.15, 0.2) is 48.8 Å². The van der Waals surface area contributed by atoms with Gasteiger partial charge in [0.25, 0.3) is 0 Å². The van der Waals surface area contributed by atoms with Crippen molar-refractivity contribution in [2.24, 2.45) is 0 Å². The van der Waals surface area contributed by atoms with Gasteiger partial charge in [0, 0.05) is 12.4 Å². The van der Waals surface area contributed by atoms with Gasteiger partial charge in [-0.05, 0) is 23.8 Å². The molecule has 0 fully saturated rings. The molecule has 112 valence electrons. The Kier molecular flexibility index (Phi) is 4.17. The molecule has 0 aliphatic rings. The molecule has 1 heterocycles. The number of halogens is 3. The number of aromatic nitrogens is 1. The number of hydrogen-bond donors (Lipinski definition) is 1. The summed E-state index contributed by atoms with van der Waals surface area (Å²) in [6, 6.07) is 7.13. The van der Waals surface area contributed by atoms with Gasteiger partial charge in [-0.15, -0.1) is 0 Å². The van der Waals surface area contributed by atoms with E-state index in [2.05, 4.69) is 9.71 Å². The molecule has 1 aromatic heterocycles. The van der Waals surface area contributed by atoms with Crippen molar-refractivity contribution < 1.29 is 21.6 Å². The normalized spacial score (nSPS) is 12.1. The van der Waals surface area contributed by atoms with Crippen LogP contribution in [0.1, 0.15) is 11.1 Å². The van der Waals surface area contributed by atoms with E-state index >= 15 is 0 Å². The predicted octanol–water partition coefficient (Wildman–Crippen LogP) is 3.04. The number of nitrogens with zero attached hydrogens (tertiary/aromatic N) is 1. The summed E-state index contributed by atoms with van der Waals surface area (Å²) in [6.45, 7) is 0. The number of pyridine rings is 1. The molecule has 0 bridgehead atoms. The molecular formula is C13H11F3N2O2S. The second-order valence-electron chi connectivity index (χ2n) is 4.30. The van der Waals surface area contributed by atoms with Crippen LogP contribution in [0.3, 0.4) is 0 Å². The summed E-state index contributed by atoms with van der Waals surface area (Å²) in [7, 11) is -3.80. The zero-order chi connectivity index (χ0) is 15.5. The zero-order valence-corrected chi connectivity index (χ0v) is 11.4. The van der Waals surface area contributed by atoms with Crippen molar-refractivity contribution in [2.75, 3.05) is 4.72 Å². The maximum Gasteiger partial charge on any atom is 0.416 e. The average Bonchev–Trinajstić information content (AvgIpc) is 2.38. The van der Waals surface area contributed by atoms with Crippen LogP contribution < -0.4 is 4.72 Å². The smallest absolute Gasteiger partial charge is 0.283 e. The van der Waals surface area contributed by atoms with Gasteiger partial charge in [0.05, 0.1) is 17.0 Å². The minimum atomic E-state index is -4.50. The van der Waals surface area contributed by atoms with Gasteiger partial charge in [-0.25, -0.2) is 8.42 Å². The van der Waals surface area contributed by atoms with Crippen molar-refractivity contribution in [3.05, 3.63) is 59.9 Å². The van der Waals surface area contributed by atoms with E-state index in [0.717, 1.165) is 12.1 Å². The van der Waals surface area contributed by atoms with Crippen LogP contribution in [0.5, 0.6) is 0 Å². The van der Waals surface area contributed by atoms with Crippen molar-refractivity contribution >= 4 is 15.7 Å². The highest BCUT2D eigenvalue weighted by atomic mass is 32.2. The molecule has 0 saturated heterocycles. The van der Waals surface area contributed by atoms with E-state index in [1.54, 1.807) is 0 Å². The lowest BCUT2D eigenvalue weighted by molar-refractivity contribution is -0.137. The molecule has 0 aliphatic carbocycles. The van der Waals surface area contributed by atoms with Crippen molar-refractivity contribution in [3.8, 4) is 0 Å². The van der Waals surface area contributed by atoms with Crippen LogP contribution in [0.2, 0.25) is 0 Å². The van der Waals surface area contributed by atoms with Crippen molar-refractivity contribution in [3.63, 3.8) is 0 Å². The number of nitrogens with one attached hydrogen (secondary N) is 1. The fourth-order valence-electron chi connectivity index (χ4n) is 1.69.